The summed E-state index contributed by atoms with van der Waals surface area (Å²) in [5.74, 6) is 1.17. The Balaban J connectivity index is 2.44. The normalized spacial score (nSPS) is 12.0. The van der Waals surface area contributed by atoms with Crippen molar-refractivity contribution in [1.82, 2.24) is 15.5 Å². The van der Waals surface area contributed by atoms with Gasteiger partial charge in [-0.2, -0.15) is 4.98 Å². The van der Waals surface area contributed by atoms with E-state index in [4.69, 9.17) is 9.26 Å². The van der Waals surface area contributed by atoms with Crippen molar-refractivity contribution in [3.8, 4) is 0 Å². The average molecular weight is 199 g/mol. The summed E-state index contributed by atoms with van der Waals surface area (Å²) in [5.41, 5.74) is 0.0515. The molecule has 14 heavy (non-hydrogen) atoms. The van der Waals surface area contributed by atoms with Crippen LogP contribution in [0.15, 0.2) is 4.52 Å². The van der Waals surface area contributed by atoms with Gasteiger partial charge in [0.1, 0.15) is 6.61 Å². The van der Waals surface area contributed by atoms with Crippen LogP contribution in [0.25, 0.3) is 0 Å². The molecule has 0 radical (unpaired) electrons. The molecule has 0 atom stereocenters. The fourth-order valence-electron chi connectivity index (χ4n) is 0.890. The minimum absolute atomic E-state index is 0.0515. The maximum absolute atomic E-state index is 5.01. The molecule has 80 valence electrons. The highest BCUT2D eigenvalue weighted by molar-refractivity contribution is 4.85. The lowest BCUT2D eigenvalue weighted by atomic mass is 10.1. The molecular formula is C9H17N3O2. The van der Waals surface area contributed by atoms with E-state index in [1.807, 2.05) is 0 Å². The summed E-state index contributed by atoms with van der Waals surface area (Å²) < 4.78 is 9.89. The number of nitrogens with one attached hydrogen (secondary N) is 1. The van der Waals surface area contributed by atoms with Gasteiger partial charge in [-0.1, -0.05) is 5.16 Å². The molecule has 0 aliphatic carbocycles. The van der Waals surface area contributed by atoms with E-state index in [1.54, 1.807) is 7.11 Å². The summed E-state index contributed by atoms with van der Waals surface area (Å²) in [6.07, 6.45) is 0. The third kappa shape index (κ3) is 3.85. The molecule has 0 amide bonds. The summed E-state index contributed by atoms with van der Waals surface area (Å²) in [6.45, 7) is 7.22. The maximum atomic E-state index is 5.01. The van der Waals surface area contributed by atoms with Crippen LogP contribution in [0.4, 0.5) is 0 Å². The third-order valence-corrected chi connectivity index (χ3v) is 1.55. The van der Waals surface area contributed by atoms with Gasteiger partial charge in [0.15, 0.2) is 5.82 Å². The number of hydrogen-bond acceptors (Lipinski definition) is 5. The molecule has 0 saturated heterocycles. The van der Waals surface area contributed by atoms with Crippen molar-refractivity contribution >= 4 is 0 Å². The molecule has 0 fully saturated rings. The van der Waals surface area contributed by atoms with Crippen LogP contribution in [-0.2, 0) is 17.9 Å². The van der Waals surface area contributed by atoms with E-state index in [0.29, 0.717) is 24.9 Å². The first-order chi connectivity index (χ1) is 6.51. The van der Waals surface area contributed by atoms with E-state index in [1.165, 1.54) is 0 Å². The highest BCUT2D eigenvalue weighted by Crippen LogP contribution is 2.03. The molecule has 1 N–H and O–H groups in total. The van der Waals surface area contributed by atoms with Crippen molar-refractivity contribution < 1.29 is 9.26 Å². The van der Waals surface area contributed by atoms with Crippen molar-refractivity contribution in [3.63, 3.8) is 0 Å². The summed E-state index contributed by atoms with van der Waals surface area (Å²) in [5, 5.41) is 7.01. The molecular weight excluding hydrogens is 182 g/mol. The highest BCUT2D eigenvalue weighted by Gasteiger charge is 2.11. The Morgan fingerprint density at radius 2 is 2.14 bits per heavy atom. The Hall–Kier alpha value is -0.940. The predicted octanol–water partition coefficient (Wildman–Crippen LogP) is 1.10. The number of aromatic nitrogens is 2. The van der Waals surface area contributed by atoms with Gasteiger partial charge in [-0.25, -0.2) is 0 Å². The van der Waals surface area contributed by atoms with Gasteiger partial charge in [0, 0.05) is 12.6 Å². The topological polar surface area (TPSA) is 60.2 Å². The summed E-state index contributed by atoms with van der Waals surface area (Å²) in [7, 11) is 1.60. The van der Waals surface area contributed by atoms with Gasteiger partial charge < -0.3 is 14.6 Å². The van der Waals surface area contributed by atoms with Crippen molar-refractivity contribution in [2.45, 2.75) is 39.5 Å². The molecule has 1 heterocycles. The van der Waals surface area contributed by atoms with E-state index in [2.05, 4.69) is 36.2 Å². The minimum atomic E-state index is 0.0515. The number of hydrogen-bond donors (Lipinski definition) is 1. The van der Waals surface area contributed by atoms with Gasteiger partial charge in [0.2, 0.25) is 5.89 Å². The quantitative estimate of drug-likeness (QED) is 0.787. The fraction of sp³-hybridized carbons (Fsp3) is 0.778. The Morgan fingerprint density at radius 3 is 2.71 bits per heavy atom. The maximum Gasteiger partial charge on any atom is 0.240 e. The average Bonchev–Trinajstić information content (AvgIpc) is 2.49. The fourth-order valence-corrected chi connectivity index (χ4v) is 0.890. The van der Waals surface area contributed by atoms with Crippen LogP contribution in [0.2, 0.25) is 0 Å². The first-order valence-electron chi connectivity index (χ1n) is 4.57. The molecule has 0 aliphatic heterocycles. The SMILES string of the molecule is COCc1noc(CNC(C)(C)C)n1. The molecule has 5 nitrogen and oxygen atoms in total. The lowest BCUT2D eigenvalue weighted by Gasteiger charge is -2.18. The van der Waals surface area contributed by atoms with E-state index < -0.39 is 0 Å². The molecule has 0 unspecified atom stereocenters. The molecule has 0 aliphatic rings. The highest BCUT2D eigenvalue weighted by atomic mass is 16.5. The molecule has 1 rings (SSSR count). The van der Waals surface area contributed by atoms with Crippen LogP contribution in [0.3, 0.4) is 0 Å². The molecule has 0 bridgehead atoms. The Morgan fingerprint density at radius 1 is 1.43 bits per heavy atom. The van der Waals surface area contributed by atoms with Gasteiger partial charge in [0.05, 0.1) is 6.54 Å². The molecule has 0 saturated carbocycles. The monoisotopic (exact) mass is 199 g/mol. The molecule has 1 aromatic rings. The van der Waals surface area contributed by atoms with Crippen LogP contribution >= 0.6 is 0 Å². The number of ether oxygens (including phenoxy) is 1. The first-order valence-corrected chi connectivity index (χ1v) is 4.57. The van der Waals surface area contributed by atoms with Gasteiger partial charge in [-0.15, -0.1) is 0 Å². The van der Waals surface area contributed by atoms with E-state index in [9.17, 15) is 0 Å². The van der Waals surface area contributed by atoms with Gasteiger partial charge in [0.25, 0.3) is 0 Å². The standard InChI is InChI=1S/C9H17N3O2/c1-9(2,3)10-5-8-11-7(6-13-4)12-14-8/h10H,5-6H2,1-4H3. The Kier molecular flexibility index (Phi) is 3.60. The van der Waals surface area contributed by atoms with Gasteiger partial charge in [-0.05, 0) is 20.8 Å². The summed E-state index contributed by atoms with van der Waals surface area (Å²) in [4.78, 5) is 4.14. The van der Waals surface area contributed by atoms with Gasteiger partial charge >= 0.3 is 0 Å². The zero-order valence-corrected chi connectivity index (χ0v) is 9.13. The number of rotatable bonds is 4. The number of methoxy groups -OCH3 is 1. The second-order valence-electron chi connectivity index (χ2n) is 4.14. The van der Waals surface area contributed by atoms with E-state index in [0.717, 1.165) is 0 Å². The van der Waals surface area contributed by atoms with Crippen LogP contribution in [0, 0.1) is 0 Å². The molecule has 0 spiro atoms. The first kappa shape index (κ1) is 11.1. The van der Waals surface area contributed by atoms with Crippen LogP contribution in [0.1, 0.15) is 32.5 Å². The minimum Gasteiger partial charge on any atom is -0.377 e. The van der Waals surface area contributed by atoms with Crippen LogP contribution in [-0.4, -0.2) is 22.8 Å². The Labute approximate surface area is 83.8 Å². The van der Waals surface area contributed by atoms with Crippen LogP contribution < -0.4 is 5.32 Å². The summed E-state index contributed by atoms with van der Waals surface area (Å²) in [6, 6.07) is 0. The lowest BCUT2D eigenvalue weighted by molar-refractivity contribution is 0.174. The molecule has 5 heteroatoms. The lowest BCUT2D eigenvalue weighted by Crippen LogP contribution is -2.35. The largest absolute Gasteiger partial charge is 0.377 e. The second-order valence-corrected chi connectivity index (χ2v) is 4.14. The van der Waals surface area contributed by atoms with Crippen molar-refractivity contribution in [3.05, 3.63) is 11.7 Å². The smallest absolute Gasteiger partial charge is 0.240 e. The zero-order valence-electron chi connectivity index (χ0n) is 9.13. The van der Waals surface area contributed by atoms with Gasteiger partial charge in [-0.3, -0.25) is 0 Å². The molecule has 1 aromatic heterocycles. The van der Waals surface area contributed by atoms with Crippen molar-refractivity contribution in [1.29, 1.82) is 0 Å². The third-order valence-electron chi connectivity index (χ3n) is 1.55. The van der Waals surface area contributed by atoms with E-state index >= 15 is 0 Å². The van der Waals surface area contributed by atoms with E-state index in [-0.39, 0.29) is 5.54 Å². The number of nitrogens with zero attached hydrogens (tertiary/aromatic N) is 2. The second kappa shape index (κ2) is 4.52. The van der Waals surface area contributed by atoms with Crippen molar-refractivity contribution in [2.24, 2.45) is 0 Å². The van der Waals surface area contributed by atoms with Crippen LogP contribution in [0.5, 0.6) is 0 Å². The molecule has 0 aromatic carbocycles. The Bertz CT molecular complexity index is 278. The predicted molar refractivity (Wildman–Crippen MR) is 51.6 cm³/mol. The zero-order chi connectivity index (χ0) is 10.6. The van der Waals surface area contributed by atoms with Crippen molar-refractivity contribution in [2.75, 3.05) is 7.11 Å². The summed E-state index contributed by atoms with van der Waals surface area (Å²) >= 11 is 0.